The van der Waals surface area contributed by atoms with E-state index in [1.807, 2.05) is 17.9 Å². The number of aliphatic hydroxyl groups excluding tert-OH is 1. The quantitative estimate of drug-likeness (QED) is 0.254. The number of aryl methyl sites for hydroxylation is 1. The zero-order valence-electron chi connectivity index (χ0n) is 23.7. The molecule has 1 saturated heterocycles. The minimum absolute atomic E-state index is 0.00749. The van der Waals surface area contributed by atoms with Gasteiger partial charge in [0, 0.05) is 51.3 Å². The van der Waals surface area contributed by atoms with Crippen LogP contribution in [-0.2, 0) is 20.7 Å². The Bertz CT molecular complexity index is 1710. The number of piperazine rings is 1. The van der Waals surface area contributed by atoms with Crippen LogP contribution in [0, 0.1) is 12.8 Å². The first-order valence-electron chi connectivity index (χ1n) is 13.9. The highest BCUT2D eigenvalue weighted by atomic mass is 32.1. The molecule has 1 aromatic heterocycles. The molecule has 3 aromatic rings. The maximum Gasteiger partial charge on any atom is 0.255 e. The molecule has 13 heteroatoms. The summed E-state index contributed by atoms with van der Waals surface area (Å²) in [5.74, 6) is -6.26. The third-order valence-corrected chi connectivity index (χ3v) is 9.85. The van der Waals surface area contributed by atoms with Crippen molar-refractivity contribution in [3.05, 3.63) is 52.4 Å². The van der Waals surface area contributed by atoms with Crippen molar-refractivity contribution in [1.82, 2.24) is 14.2 Å². The number of carbonyl (C=O) groups is 3. The highest BCUT2D eigenvalue weighted by Gasteiger charge is 2.62. The molecule has 1 amide bonds. The van der Waals surface area contributed by atoms with E-state index in [2.05, 4.69) is 9.27 Å². The highest BCUT2D eigenvalue weighted by Crippen LogP contribution is 2.51. The summed E-state index contributed by atoms with van der Waals surface area (Å²) in [6.45, 7) is 5.02. The second-order valence-electron chi connectivity index (χ2n) is 11.3. The van der Waals surface area contributed by atoms with E-state index in [-0.39, 0.29) is 23.1 Å². The fourth-order valence-corrected chi connectivity index (χ4v) is 7.59. The van der Waals surface area contributed by atoms with Crippen LogP contribution < -0.4 is 5.73 Å². The lowest BCUT2D eigenvalue weighted by Gasteiger charge is -2.50. The first-order chi connectivity index (χ1) is 20.5. The first kappa shape index (κ1) is 29.2. The summed E-state index contributed by atoms with van der Waals surface area (Å²) in [5, 5.41) is 45.9. The van der Waals surface area contributed by atoms with E-state index in [9.17, 15) is 34.8 Å². The fraction of sp³-hybridized carbons (Fsp3) is 0.400. The molecule has 6 N–H and O–H groups in total. The van der Waals surface area contributed by atoms with Crippen LogP contribution in [-0.4, -0.2) is 110 Å². The van der Waals surface area contributed by atoms with Crippen molar-refractivity contribution >= 4 is 39.8 Å². The number of nitrogens with two attached hydrogens (primary N) is 1. The van der Waals surface area contributed by atoms with Crippen LogP contribution in [0.25, 0.3) is 21.2 Å². The molecule has 2 aliphatic carbocycles. The molecule has 12 nitrogen and oxygen atoms in total. The summed E-state index contributed by atoms with van der Waals surface area (Å²) >= 11 is 1.25. The SMILES string of the molecule is COCCN1CCN([C@H]2C(=O)C(C(N)=O)=C(O)[C@@]3(O)C(=O)c4c(cc5c(-c6cc(C)ns6)ccc(O)c5c4O)C[C@@H]23)CC1. The summed E-state index contributed by atoms with van der Waals surface area (Å²) in [5.41, 5.74) is 3.48. The summed E-state index contributed by atoms with van der Waals surface area (Å²) in [4.78, 5) is 45.2. The molecule has 43 heavy (non-hydrogen) atoms. The third-order valence-electron chi connectivity index (χ3n) is 8.93. The van der Waals surface area contributed by atoms with E-state index in [1.165, 1.54) is 17.6 Å². The predicted octanol–water partition coefficient (Wildman–Crippen LogP) is 1.28. The second-order valence-corrected chi connectivity index (χ2v) is 12.1. The molecule has 0 unspecified atom stereocenters. The van der Waals surface area contributed by atoms with Crippen molar-refractivity contribution < 1.29 is 39.5 Å². The molecule has 2 aromatic carbocycles. The van der Waals surface area contributed by atoms with Crippen LogP contribution in [0.3, 0.4) is 0 Å². The molecule has 3 aliphatic rings. The summed E-state index contributed by atoms with van der Waals surface area (Å²) in [6, 6.07) is 5.48. The van der Waals surface area contributed by atoms with Crippen LogP contribution in [0.1, 0.15) is 21.6 Å². The van der Waals surface area contributed by atoms with Gasteiger partial charge in [0.1, 0.15) is 22.8 Å². The second kappa shape index (κ2) is 10.7. The average molecular weight is 609 g/mol. The van der Waals surface area contributed by atoms with Gasteiger partial charge in [-0.05, 0) is 60.1 Å². The number of Topliss-reactive ketones (excluding diaryl/α,β-unsaturated/α-hetero) is 2. The van der Waals surface area contributed by atoms with Gasteiger partial charge in [0.05, 0.1) is 34.2 Å². The Kier molecular flexibility index (Phi) is 7.26. The number of ketones is 2. The molecule has 3 atom stereocenters. The Labute approximate surface area is 250 Å². The number of amides is 1. The molecule has 1 fully saturated rings. The predicted molar refractivity (Wildman–Crippen MR) is 157 cm³/mol. The summed E-state index contributed by atoms with van der Waals surface area (Å²) in [7, 11) is 1.61. The number of phenolic OH excluding ortho intramolecular Hbond substituents is 2. The maximum atomic E-state index is 14.2. The Morgan fingerprint density at radius 3 is 2.51 bits per heavy atom. The number of aromatic nitrogens is 1. The zero-order valence-corrected chi connectivity index (χ0v) is 24.5. The van der Waals surface area contributed by atoms with E-state index in [4.69, 9.17) is 10.5 Å². The monoisotopic (exact) mass is 608 g/mol. The lowest BCUT2D eigenvalue weighted by Crippen LogP contribution is -2.67. The van der Waals surface area contributed by atoms with E-state index >= 15 is 0 Å². The van der Waals surface area contributed by atoms with E-state index in [0.29, 0.717) is 55.8 Å². The van der Waals surface area contributed by atoms with Gasteiger partial charge in [0.25, 0.3) is 5.91 Å². The van der Waals surface area contributed by atoms with Crippen molar-refractivity contribution in [2.24, 2.45) is 11.7 Å². The third kappa shape index (κ3) is 4.42. The van der Waals surface area contributed by atoms with Gasteiger partial charge in [0.15, 0.2) is 11.4 Å². The van der Waals surface area contributed by atoms with Gasteiger partial charge in [-0.15, -0.1) is 0 Å². The smallest absolute Gasteiger partial charge is 0.255 e. The van der Waals surface area contributed by atoms with E-state index < -0.39 is 52.1 Å². The molecule has 2 heterocycles. The molecular weight excluding hydrogens is 576 g/mol. The van der Waals surface area contributed by atoms with Gasteiger partial charge >= 0.3 is 0 Å². The lowest BCUT2D eigenvalue weighted by atomic mass is 9.61. The van der Waals surface area contributed by atoms with Gasteiger partial charge in [-0.25, -0.2) is 0 Å². The highest BCUT2D eigenvalue weighted by molar-refractivity contribution is 7.09. The molecular formula is C30H32N4O8S. The number of primary amides is 1. The van der Waals surface area contributed by atoms with E-state index in [0.717, 1.165) is 10.6 Å². The Balaban J connectivity index is 1.51. The van der Waals surface area contributed by atoms with Crippen LogP contribution in [0.5, 0.6) is 11.5 Å². The zero-order chi connectivity index (χ0) is 30.8. The minimum atomic E-state index is -2.71. The standard InChI is InChI=1S/C30H32N4O8S/c1-14-11-20(43-32-14)16-3-4-19(35)22-17(16)12-15-13-18-24(34-7-5-33(6-8-34)9-10-42-2)26(37)23(29(31)40)28(39)30(18,41)27(38)21(15)25(22)36/h3-4,11-12,18,24,35-36,39,41H,5-10,13H2,1-2H3,(H2,31,40)/t18-,24+,30-/m0/s1. The van der Waals surface area contributed by atoms with Gasteiger partial charge in [-0.2, -0.15) is 4.37 Å². The van der Waals surface area contributed by atoms with Crippen LogP contribution in [0.2, 0.25) is 0 Å². The molecule has 226 valence electrons. The number of phenols is 2. The van der Waals surface area contributed by atoms with Crippen molar-refractivity contribution in [1.29, 1.82) is 0 Å². The fourth-order valence-electron chi connectivity index (χ4n) is 6.80. The van der Waals surface area contributed by atoms with Gasteiger partial charge in [-0.1, -0.05) is 0 Å². The Morgan fingerprint density at radius 2 is 1.88 bits per heavy atom. The number of fused-ring (bicyclic) bond motifs is 3. The number of carbonyl (C=O) groups excluding carboxylic acids is 3. The number of nitrogens with zero attached hydrogens (tertiary/aromatic N) is 3. The molecule has 0 bridgehead atoms. The van der Waals surface area contributed by atoms with Crippen LogP contribution in [0.15, 0.2) is 35.6 Å². The topological polar surface area (TPSA) is 187 Å². The molecule has 0 spiro atoms. The van der Waals surface area contributed by atoms with Crippen LogP contribution >= 0.6 is 11.5 Å². The average Bonchev–Trinajstić information content (AvgIpc) is 3.40. The number of hydrogen-bond donors (Lipinski definition) is 5. The van der Waals surface area contributed by atoms with Crippen molar-refractivity contribution in [2.75, 3.05) is 46.4 Å². The molecule has 1 aliphatic heterocycles. The maximum absolute atomic E-state index is 14.2. The largest absolute Gasteiger partial charge is 0.508 e. The minimum Gasteiger partial charge on any atom is -0.508 e. The van der Waals surface area contributed by atoms with Gasteiger partial charge in [0.2, 0.25) is 5.78 Å². The lowest BCUT2D eigenvalue weighted by molar-refractivity contribution is -0.134. The first-order valence-corrected chi connectivity index (χ1v) is 14.7. The number of rotatable bonds is 6. The molecule has 6 rings (SSSR count). The summed E-state index contributed by atoms with van der Waals surface area (Å²) < 4.78 is 9.50. The Hall–Kier alpha value is -3.88. The number of methoxy groups -OCH3 is 1. The van der Waals surface area contributed by atoms with Gasteiger partial charge < -0.3 is 30.9 Å². The van der Waals surface area contributed by atoms with Crippen LogP contribution in [0.4, 0.5) is 0 Å². The number of aromatic hydroxyl groups is 2. The summed E-state index contributed by atoms with van der Waals surface area (Å²) in [6.07, 6.45) is -0.0890. The number of benzene rings is 2. The molecule has 0 saturated carbocycles. The van der Waals surface area contributed by atoms with Crippen molar-refractivity contribution in [2.45, 2.75) is 25.0 Å². The molecule has 0 radical (unpaired) electrons. The van der Waals surface area contributed by atoms with Crippen molar-refractivity contribution in [3.8, 4) is 21.9 Å². The van der Waals surface area contributed by atoms with E-state index in [1.54, 1.807) is 19.2 Å². The van der Waals surface area contributed by atoms with Gasteiger partial charge in [-0.3, -0.25) is 24.2 Å². The normalized spacial score (nSPS) is 24.8. The number of aliphatic hydroxyl groups is 2. The number of hydrogen-bond acceptors (Lipinski definition) is 12. The Morgan fingerprint density at radius 1 is 1.16 bits per heavy atom. The van der Waals surface area contributed by atoms with Crippen molar-refractivity contribution in [3.63, 3.8) is 0 Å². The number of ether oxygens (including phenoxy) is 1.